The Kier molecular flexibility index (Phi) is 4.72. The molecule has 112 valence electrons. The predicted octanol–water partition coefficient (Wildman–Crippen LogP) is 3.37. The second kappa shape index (κ2) is 6.00. The lowest BCUT2D eigenvalue weighted by Gasteiger charge is -2.24. The Labute approximate surface area is 124 Å². The van der Waals surface area contributed by atoms with Gasteiger partial charge in [0.05, 0.1) is 10.8 Å². The Morgan fingerprint density at radius 3 is 2.55 bits per heavy atom. The molecule has 1 fully saturated rings. The quantitative estimate of drug-likeness (QED) is 0.754. The second-order valence-electron chi connectivity index (χ2n) is 5.59. The lowest BCUT2D eigenvalue weighted by Crippen LogP contribution is -2.36. The van der Waals surface area contributed by atoms with Crippen LogP contribution >= 0.6 is 11.6 Å². The fraction of sp³-hybridized carbons (Fsp3) is 0.571. The van der Waals surface area contributed by atoms with Crippen LogP contribution in [-0.2, 0) is 15.9 Å². The maximum absolute atomic E-state index is 13.4. The third-order valence-electron chi connectivity index (χ3n) is 3.27. The average Bonchev–Trinajstić information content (AvgIpc) is 3.20. The van der Waals surface area contributed by atoms with Crippen LogP contribution in [0.25, 0.3) is 0 Å². The van der Waals surface area contributed by atoms with E-state index in [0.29, 0.717) is 6.54 Å². The van der Waals surface area contributed by atoms with E-state index in [1.54, 1.807) is 4.31 Å². The molecule has 20 heavy (non-hydrogen) atoms. The first-order valence-electron chi connectivity index (χ1n) is 6.72. The molecule has 1 aromatic carbocycles. The molecule has 0 radical (unpaired) electrons. The number of hydrogen-bond donors (Lipinski definition) is 0. The maximum Gasteiger partial charge on any atom is 0.243 e. The largest absolute Gasteiger partial charge is 0.243 e. The first-order chi connectivity index (χ1) is 9.36. The number of benzene rings is 1. The van der Waals surface area contributed by atoms with E-state index >= 15 is 0 Å². The molecule has 3 nitrogen and oxygen atoms in total. The summed E-state index contributed by atoms with van der Waals surface area (Å²) in [7, 11) is -3.57. The Bertz CT molecular complexity index is 585. The number of nitrogens with zero attached hydrogens (tertiary/aromatic N) is 1. The van der Waals surface area contributed by atoms with Gasteiger partial charge < -0.3 is 0 Å². The van der Waals surface area contributed by atoms with Crippen molar-refractivity contribution in [2.24, 2.45) is 5.92 Å². The van der Waals surface area contributed by atoms with Crippen molar-refractivity contribution < 1.29 is 12.8 Å². The van der Waals surface area contributed by atoms with Gasteiger partial charge in [0, 0.05) is 18.2 Å². The lowest BCUT2D eigenvalue weighted by molar-refractivity contribution is 0.360. The van der Waals surface area contributed by atoms with Gasteiger partial charge in [0.25, 0.3) is 0 Å². The number of rotatable bonds is 6. The minimum atomic E-state index is -3.57. The van der Waals surface area contributed by atoms with Gasteiger partial charge in [-0.25, -0.2) is 12.8 Å². The van der Waals surface area contributed by atoms with Gasteiger partial charge in [0.15, 0.2) is 0 Å². The molecular weight excluding hydrogens is 301 g/mol. The van der Waals surface area contributed by atoms with Crippen LogP contribution in [0, 0.1) is 11.7 Å². The maximum atomic E-state index is 13.4. The summed E-state index contributed by atoms with van der Waals surface area (Å²) in [4.78, 5) is 0.127. The zero-order valence-electron chi connectivity index (χ0n) is 11.6. The van der Waals surface area contributed by atoms with Crippen LogP contribution in [0.4, 0.5) is 4.39 Å². The van der Waals surface area contributed by atoms with Crippen molar-refractivity contribution in [2.45, 2.75) is 43.5 Å². The number of sulfonamides is 1. The van der Waals surface area contributed by atoms with E-state index in [9.17, 15) is 12.8 Å². The Hall–Kier alpha value is -0.650. The van der Waals surface area contributed by atoms with E-state index in [-0.39, 0.29) is 28.3 Å². The Morgan fingerprint density at radius 1 is 1.40 bits per heavy atom. The molecule has 1 aliphatic rings. The molecule has 0 amide bonds. The number of hydrogen-bond acceptors (Lipinski definition) is 2. The standard InChI is InChI=1S/C14H19ClFNO2S/c1-10(2)9-17(12-3-4-12)20(18,19)13-5-6-14(16)11(7-13)8-15/h5-7,10,12H,3-4,8-9H2,1-2H3. The molecule has 1 aliphatic carbocycles. The zero-order valence-corrected chi connectivity index (χ0v) is 13.2. The van der Waals surface area contributed by atoms with Gasteiger partial charge >= 0.3 is 0 Å². The summed E-state index contributed by atoms with van der Waals surface area (Å²) in [5.41, 5.74) is 0.216. The van der Waals surface area contributed by atoms with Crippen LogP contribution in [-0.4, -0.2) is 25.3 Å². The van der Waals surface area contributed by atoms with Crippen LogP contribution in [0.1, 0.15) is 32.3 Å². The summed E-state index contributed by atoms with van der Waals surface area (Å²) >= 11 is 5.64. The van der Waals surface area contributed by atoms with Gasteiger partial charge in [-0.1, -0.05) is 13.8 Å². The molecule has 0 atom stereocenters. The van der Waals surface area contributed by atoms with Gasteiger partial charge in [0.2, 0.25) is 10.0 Å². The van der Waals surface area contributed by atoms with Crippen molar-refractivity contribution in [2.75, 3.05) is 6.54 Å². The summed E-state index contributed by atoms with van der Waals surface area (Å²) in [6, 6.07) is 3.92. The van der Waals surface area contributed by atoms with Crippen LogP contribution < -0.4 is 0 Å². The SMILES string of the molecule is CC(C)CN(C1CC1)S(=O)(=O)c1ccc(F)c(CCl)c1. The van der Waals surface area contributed by atoms with Crippen LogP contribution in [0.5, 0.6) is 0 Å². The van der Waals surface area contributed by atoms with Crippen molar-refractivity contribution in [1.82, 2.24) is 4.31 Å². The molecule has 2 rings (SSSR count). The molecular formula is C14H19ClFNO2S. The monoisotopic (exact) mass is 319 g/mol. The highest BCUT2D eigenvalue weighted by molar-refractivity contribution is 7.89. The molecule has 0 aliphatic heterocycles. The molecule has 6 heteroatoms. The van der Waals surface area contributed by atoms with E-state index in [4.69, 9.17) is 11.6 Å². The summed E-state index contributed by atoms with van der Waals surface area (Å²) in [6.45, 7) is 4.46. The first kappa shape index (κ1) is 15.7. The molecule has 0 spiro atoms. The van der Waals surface area contributed by atoms with Crippen LogP contribution in [0.3, 0.4) is 0 Å². The summed E-state index contributed by atoms with van der Waals surface area (Å²) in [5, 5.41) is 0. The average molecular weight is 320 g/mol. The highest BCUT2D eigenvalue weighted by Crippen LogP contribution is 2.33. The van der Waals surface area contributed by atoms with Crippen molar-refractivity contribution in [1.29, 1.82) is 0 Å². The fourth-order valence-electron chi connectivity index (χ4n) is 2.12. The molecule has 0 N–H and O–H groups in total. The molecule has 0 unspecified atom stereocenters. The Morgan fingerprint density at radius 2 is 2.05 bits per heavy atom. The molecule has 0 saturated heterocycles. The molecule has 0 aromatic heterocycles. The number of halogens is 2. The zero-order chi connectivity index (χ0) is 14.9. The van der Waals surface area contributed by atoms with E-state index < -0.39 is 15.8 Å². The minimum Gasteiger partial charge on any atom is -0.207 e. The summed E-state index contributed by atoms with van der Waals surface area (Å²) < 4.78 is 40.4. The molecule has 0 heterocycles. The van der Waals surface area contributed by atoms with Gasteiger partial charge in [-0.3, -0.25) is 0 Å². The number of alkyl halides is 1. The molecule has 0 bridgehead atoms. The normalized spacial score (nSPS) is 16.1. The minimum absolute atomic E-state index is 0.0389. The third kappa shape index (κ3) is 3.32. The van der Waals surface area contributed by atoms with E-state index in [1.807, 2.05) is 13.8 Å². The van der Waals surface area contributed by atoms with E-state index in [2.05, 4.69) is 0 Å². The predicted molar refractivity (Wildman–Crippen MR) is 77.7 cm³/mol. The van der Waals surface area contributed by atoms with Crippen LogP contribution in [0.15, 0.2) is 23.1 Å². The second-order valence-corrected chi connectivity index (χ2v) is 7.74. The molecule has 1 saturated carbocycles. The Balaban J connectivity index is 2.37. The van der Waals surface area contributed by atoms with Crippen molar-refractivity contribution >= 4 is 21.6 Å². The van der Waals surface area contributed by atoms with Gasteiger partial charge in [-0.15, -0.1) is 11.6 Å². The summed E-state index contributed by atoms with van der Waals surface area (Å²) in [6.07, 6.45) is 1.80. The fourth-order valence-corrected chi connectivity index (χ4v) is 4.22. The van der Waals surface area contributed by atoms with Crippen LogP contribution in [0.2, 0.25) is 0 Å². The van der Waals surface area contributed by atoms with Gasteiger partial charge in [-0.2, -0.15) is 4.31 Å². The third-order valence-corrected chi connectivity index (χ3v) is 5.47. The summed E-state index contributed by atoms with van der Waals surface area (Å²) in [5.74, 6) is -0.262. The van der Waals surface area contributed by atoms with Gasteiger partial charge in [-0.05, 0) is 37.0 Å². The van der Waals surface area contributed by atoms with E-state index in [0.717, 1.165) is 12.8 Å². The molecule has 1 aromatic rings. The van der Waals surface area contributed by atoms with Crippen molar-refractivity contribution in [3.63, 3.8) is 0 Å². The van der Waals surface area contributed by atoms with Crippen molar-refractivity contribution in [3.05, 3.63) is 29.6 Å². The van der Waals surface area contributed by atoms with Gasteiger partial charge in [0.1, 0.15) is 5.82 Å². The lowest BCUT2D eigenvalue weighted by atomic mass is 10.2. The highest BCUT2D eigenvalue weighted by Gasteiger charge is 2.38. The topological polar surface area (TPSA) is 37.4 Å². The van der Waals surface area contributed by atoms with E-state index in [1.165, 1.54) is 18.2 Å². The smallest absolute Gasteiger partial charge is 0.207 e. The van der Waals surface area contributed by atoms with Crippen molar-refractivity contribution in [3.8, 4) is 0 Å². The first-order valence-corrected chi connectivity index (χ1v) is 8.70. The highest BCUT2D eigenvalue weighted by atomic mass is 35.5.